The highest BCUT2D eigenvalue weighted by Gasteiger charge is 2.08. The molecule has 0 aliphatic carbocycles. The van der Waals surface area contributed by atoms with Crippen LogP contribution < -0.4 is 5.73 Å². The van der Waals surface area contributed by atoms with E-state index >= 15 is 0 Å². The predicted octanol–water partition coefficient (Wildman–Crippen LogP) is 0.858. The van der Waals surface area contributed by atoms with E-state index in [-0.39, 0.29) is 5.54 Å². The van der Waals surface area contributed by atoms with Crippen LogP contribution in [0.3, 0.4) is 0 Å². The molecule has 48 valence electrons. The summed E-state index contributed by atoms with van der Waals surface area (Å²) in [6, 6.07) is 0. The lowest BCUT2D eigenvalue weighted by molar-refractivity contribution is 0.735. The lowest BCUT2D eigenvalue weighted by atomic mass is 10.0. The van der Waals surface area contributed by atoms with Crippen molar-refractivity contribution < 1.29 is 0 Å². The van der Waals surface area contributed by atoms with E-state index < -0.39 is 0 Å². The van der Waals surface area contributed by atoms with E-state index in [0.29, 0.717) is 0 Å². The highest BCUT2D eigenvalue weighted by Crippen LogP contribution is 2.04. The summed E-state index contributed by atoms with van der Waals surface area (Å²) in [5.41, 5.74) is 5.40. The molecule has 1 atom stereocenters. The van der Waals surface area contributed by atoms with Crippen molar-refractivity contribution in [2.24, 2.45) is 10.7 Å². The maximum atomic E-state index is 5.72. The van der Waals surface area contributed by atoms with E-state index in [9.17, 15) is 0 Å². The molecule has 0 radical (unpaired) electrons. The Balaban J connectivity index is 2.82. The molecular formula is C7H10N2. The quantitative estimate of drug-likeness (QED) is 0.508. The topological polar surface area (TPSA) is 38.4 Å². The van der Waals surface area contributed by atoms with Gasteiger partial charge in [0.1, 0.15) is 0 Å². The molecule has 2 N–H and O–H groups in total. The summed E-state index contributed by atoms with van der Waals surface area (Å²) >= 11 is 0. The van der Waals surface area contributed by atoms with Crippen molar-refractivity contribution in [3.63, 3.8) is 0 Å². The minimum Gasteiger partial charge on any atom is -0.319 e. The fraction of sp³-hybridized carbons (Fsp3) is 0.286. The summed E-state index contributed by atoms with van der Waals surface area (Å²) in [5, 5.41) is 0. The summed E-state index contributed by atoms with van der Waals surface area (Å²) in [4.78, 5) is 3.89. The second-order valence-corrected chi connectivity index (χ2v) is 2.34. The predicted molar refractivity (Wildman–Crippen MR) is 39.4 cm³/mol. The van der Waals surface area contributed by atoms with Gasteiger partial charge in [0.2, 0.25) is 0 Å². The Labute approximate surface area is 54.8 Å². The zero-order valence-electron chi connectivity index (χ0n) is 5.41. The van der Waals surface area contributed by atoms with Crippen molar-refractivity contribution in [1.82, 2.24) is 0 Å². The van der Waals surface area contributed by atoms with Crippen LogP contribution in [0.2, 0.25) is 0 Å². The Morgan fingerprint density at radius 3 is 3.00 bits per heavy atom. The van der Waals surface area contributed by atoms with Crippen molar-refractivity contribution in [2.45, 2.75) is 12.5 Å². The average molecular weight is 122 g/mol. The molecule has 1 aliphatic heterocycles. The van der Waals surface area contributed by atoms with Crippen LogP contribution in [0.5, 0.6) is 0 Å². The lowest BCUT2D eigenvalue weighted by Gasteiger charge is -2.11. The molecule has 0 amide bonds. The van der Waals surface area contributed by atoms with Crippen LogP contribution in [0.25, 0.3) is 0 Å². The number of hydrogen-bond donors (Lipinski definition) is 1. The van der Waals surface area contributed by atoms with E-state index in [2.05, 4.69) is 4.99 Å². The van der Waals surface area contributed by atoms with E-state index in [1.807, 2.05) is 25.2 Å². The number of hydrogen-bond acceptors (Lipinski definition) is 2. The number of allylic oxidation sites excluding steroid dienone is 1. The highest BCUT2D eigenvalue weighted by molar-refractivity contribution is 5.72. The molecule has 1 heterocycles. The normalized spacial score (nSPS) is 32.7. The monoisotopic (exact) mass is 122 g/mol. The van der Waals surface area contributed by atoms with Gasteiger partial charge in [-0.25, -0.2) is 0 Å². The molecule has 0 aromatic heterocycles. The number of nitrogens with zero attached hydrogens (tertiary/aromatic N) is 1. The largest absolute Gasteiger partial charge is 0.319 e. The van der Waals surface area contributed by atoms with E-state index in [0.717, 1.165) is 0 Å². The Kier molecular flexibility index (Phi) is 1.49. The van der Waals surface area contributed by atoms with Crippen molar-refractivity contribution in [3.8, 4) is 0 Å². The molecule has 1 rings (SSSR count). The smallest absolute Gasteiger partial charge is 0.0517 e. The molecule has 0 saturated carbocycles. The molecule has 2 nitrogen and oxygen atoms in total. The minimum atomic E-state index is -0.323. The Hall–Kier alpha value is -0.890. The maximum Gasteiger partial charge on any atom is 0.0517 e. The van der Waals surface area contributed by atoms with Gasteiger partial charge in [0.15, 0.2) is 0 Å². The summed E-state index contributed by atoms with van der Waals surface area (Å²) in [6.07, 6.45) is 9.03. The third-order valence-corrected chi connectivity index (χ3v) is 1.15. The van der Waals surface area contributed by atoms with Gasteiger partial charge in [0.25, 0.3) is 0 Å². The first-order chi connectivity index (χ1) is 4.21. The molecule has 1 unspecified atom stereocenters. The van der Waals surface area contributed by atoms with Gasteiger partial charge in [0, 0.05) is 12.4 Å². The Morgan fingerprint density at radius 1 is 1.44 bits per heavy atom. The second kappa shape index (κ2) is 2.15. The molecule has 0 bridgehead atoms. The highest BCUT2D eigenvalue weighted by atomic mass is 14.7. The van der Waals surface area contributed by atoms with Gasteiger partial charge in [-0.05, 0) is 19.1 Å². The molecule has 0 spiro atoms. The van der Waals surface area contributed by atoms with Crippen molar-refractivity contribution in [1.29, 1.82) is 0 Å². The summed E-state index contributed by atoms with van der Waals surface area (Å²) in [6.45, 7) is 1.93. The molecule has 1 aliphatic rings. The summed E-state index contributed by atoms with van der Waals surface area (Å²) in [5.74, 6) is 0. The van der Waals surface area contributed by atoms with Crippen LogP contribution in [0, 0.1) is 0 Å². The van der Waals surface area contributed by atoms with Crippen LogP contribution in [0.1, 0.15) is 6.92 Å². The fourth-order valence-electron chi connectivity index (χ4n) is 0.609. The number of rotatable bonds is 0. The van der Waals surface area contributed by atoms with Gasteiger partial charge in [-0.2, -0.15) is 0 Å². The Bertz CT molecular complexity index is 157. The summed E-state index contributed by atoms with van der Waals surface area (Å²) in [7, 11) is 0. The molecule has 0 aromatic carbocycles. The van der Waals surface area contributed by atoms with Gasteiger partial charge in [-0.3, -0.25) is 4.99 Å². The van der Waals surface area contributed by atoms with Crippen LogP contribution in [-0.2, 0) is 0 Å². The average Bonchev–Trinajstić information content (AvgIpc) is 1.92. The molecule has 0 aromatic rings. The summed E-state index contributed by atoms with van der Waals surface area (Å²) < 4.78 is 0. The van der Waals surface area contributed by atoms with E-state index in [1.165, 1.54) is 0 Å². The van der Waals surface area contributed by atoms with Gasteiger partial charge >= 0.3 is 0 Å². The van der Waals surface area contributed by atoms with Gasteiger partial charge in [-0.1, -0.05) is 6.08 Å². The first-order valence-electron chi connectivity index (χ1n) is 2.88. The minimum absolute atomic E-state index is 0.323. The molecule has 0 fully saturated rings. The zero-order chi connectivity index (χ0) is 6.74. The first-order valence-corrected chi connectivity index (χ1v) is 2.88. The number of aliphatic imine (C=N–C) groups is 1. The van der Waals surface area contributed by atoms with Crippen LogP contribution in [0.4, 0.5) is 0 Å². The second-order valence-electron chi connectivity index (χ2n) is 2.34. The van der Waals surface area contributed by atoms with Crippen molar-refractivity contribution in [2.75, 3.05) is 0 Å². The van der Waals surface area contributed by atoms with Crippen molar-refractivity contribution >= 4 is 6.21 Å². The molecular weight excluding hydrogens is 112 g/mol. The third-order valence-electron chi connectivity index (χ3n) is 1.15. The van der Waals surface area contributed by atoms with Gasteiger partial charge < -0.3 is 5.73 Å². The molecule has 2 heteroatoms. The molecule has 9 heavy (non-hydrogen) atoms. The van der Waals surface area contributed by atoms with E-state index in [4.69, 9.17) is 5.73 Å². The number of nitrogens with two attached hydrogens (primary N) is 1. The van der Waals surface area contributed by atoms with Gasteiger partial charge in [-0.15, -0.1) is 0 Å². The van der Waals surface area contributed by atoms with Crippen LogP contribution in [-0.4, -0.2) is 11.8 Å². The van der Waals surface area contributed by atoms with Crippen LogP contribution >= 0.6 is 0 Å². The Morgan fingerprint density at radius 2 is 2.22 bits per heavy atom. The first kappa shape index (κ1) is 6.23. The van der Waals surface area contributed by atoms with E-state index in [1.54, 1.807) is 12.4 Å². The SMILES string of the molecule is CC1(N)C=CC=NC=C1. The fourth-order valence-corrected chi connectivity index (χ4v) is 0.609. The maximum absolute atomic E-state index is 5.72. The zero-order valence-corrected chi connectivity index (χ0v) is 5.41. The van der Waals surface area contributed by atoms with Crippen LogP contribution in [0.15, 0.2) is 29.4 Å². The molecule has 0 saturated heterocycles. The lowest BCUT2D eigenvalue weighted by Crippen LogP contribution is -2.30. The van der Waals surface area contributed by atoms with Gasteiger partial charge in [0.05, 0.1) is 5.54 Å². The third kappa shape index (κ3) is 1.82. The standard InChI is InChI=1S/C7H10N2/c1-7(8)3-2-5-9-6-4-7/h2-6H,8H2,1H3. The van der Waals surface area contributed by atoms with Crippen molar-refractivity contribution in [3.05, 3.63) is 24.4 Å².